The smallest absolute Gasteiger partial charge is 0.416 e. The molecule has 1 aromatic heterocycles. The third kappa shape index (κ3) is 5.01. The SMILES string of the molecule is CC(Cc1ccoc1)NC(=O)c1cc(C(F)(F)F)cc(C(F)(F)F)c1. The monoisotopic (exact) mass is 365 g/mol. The molecule has 0 aliphatic heterocycles. The van der Waals surface area contributed by atoms with Crippen LogP contribution in [-0.2, 0) is 18.8 Å². The molecule has 3 nitrogen and oxygen atoms in total. The zero-order valence-electron chi connectivity index (χ0n) is 12.8. The molecule has 0 fully saturated rings. The predicted molar refractivity (Wildman–Crippen MR) is 75.8 cm³/mol. The van der Waals surface area contributed by atoms with E-state index in [2.05, 4.69) is 5.32 Å². The van der Waals surface area contributed by atoms with E-state index in [0.717, 1.165) is 5.56 Å². The second-order valence-electron chi connectivity index (χ2n) is 5.50. The summed E-state index contributed by atoms with van der Waals surface area (Å²) in [6.07, 6.45) is -6.86. The maximum atomic E-state index is 12.8. The number of amides is 1. The Morgan fingerprint density at radius 1 is 1.08 bits per heavy atom. The van der Waals surface area contributed by atoms with E-state index < -0.39 is 41.0 Å². The zero-order valence-corrected chi connectivity index (χ0v) is 12.8. The lowest BCUT2D eigenvalue weighted by atomic mass is 10.0. The van der Waals surface area contributed by atoms with Gasteiger partial charge in [-0.3, -0.25) is 4.79 Å². The highest BCUT2D eigenvalue weighted by molar-refractivity contribution is 5.94. The fourth-order valence-electron chi connectivity index (χ4n) is 2.21. The van der Waals surface area contributed by atoms with Crippen LogP contribution in [0.5, 0.6) is 0 Å². The second kappa shape index (κ2) is 6.81. The Kier molecular flexibility index (Phi) is 5.15. The number of halogens is 6. The molecule has 0 saturated carbocycles. The first-order valence-electron chi connectivity index (χ1n) is 7.08. The third-order valence-electron chi connectivity index (χ3n) is 3.35. The highest BCUT2D eigenvalue weighted by Crippen LogP contribution is 2.36. The van der Waals surface area contributed by atoms with Gasteiger partial charge in [0.2, 0.25) is 0 Å². The van der Waals surface area contributed by atoms with E-state index in [-0.39, 0.29) is 6.07 Å². The highest BCUT2D eigenvalue weighted by Gasteiger charge is 2.37. The molecule has 1 unspecified atom stereocenters. The lowest BCUT2D eigenvalue weighted by molar-refractivity contribution is -0.143. The molecule has 136 valence electrons. The van der Waals surface area contributed by atoms with Crippen molar-refractivity contribution in [2.45, 2.75) is 31.7 Å². The van der Waals surface area contributed by atoms with Gasteiger partial charge < -0.3 is 9.73 Å². The summed E-state index contributed by atoms with van der Waals surface area (Å²) < 4.78 is 81.7. The number of furan rings is 1. The van der Waals surface area contributed by atoms with Gasteiger partial charge in [-0.05, 0) is 43.2 Å². The van der Waals surface area contributed by atoms with E-state index in [0.29, 0.717) is 18.6 Å². The summed E-state index contributed by atoms with van der Waals surface area (Å²) in [5.41, 5.74) is -3.04. The normalized spacial score (nSPS) is 13.6. The summed E-state index contributed by atoms with van der Waals surface area (Å²) in [5, 5.41) is 2.38. The van der Waals surface area contributed by atoms with Crippen molar-refractivity contribution in [3.8, 4) is 0 Å². The molecule has 1 aromatic carbocycles. The molecule has 0 aliphatic carbocycles. The number of hydrogen-bond donors (Lipinski definition) is 1. The van der Waals surface area contributed by atoms with Gasteiger partial charge in [-0.15, -0.1) is 0 Å². The van der Waals surface area contributed by atoms with Crippen molar-refractivity contribution in [2.24, 2.45) is 0 Å². The minimum Gasteiger partial charge on any atom is -0.472 e. The molecule has 9 heteroatoms. The van der Waals surface area contributed by atoms with Crippen LogP contribution < -0.4 is 5.32 Å². The number of rotatable bonds is 4. The van der Waals surface area contributed by atoms with E-state index >= 15 is 0 Å². The van der Waals surface area contributed by atoms with Gasteiger partial charge in [-0.25, -0.2) is 0 Å². The Labute approximate surface area is 138 Å². The number of hydrogen-bond acceptors (Lipinski definition) is 2. The van der Waals surface area contributed by atoms with E-state index in [1.165, 1.54) is 12.5 Å². The molecule has 0 bridgehead atoms. The molecule has 1 atom stereocenters. The van der Waals surface area contributed by atoms with Crippen LogP contribution in [0.1, 0.15) is 34.0 Å². The fraction of sp³-hybridized carbons (Fsp3) is 0.312. The molecule has 0 saturated heterocycles. The number of benzene rings is 1. The lowest BCUT2D eigenvalue weighted by Crippen LogP contribution is -2.34. The van der Waals surface area contributed by atoms with E-state index in [9.17, 15) is 31.1 Å². The number of alkyl halides is 6. The first kappa shape index (κ1) is 18.9. The molecule has 0 radical (unpaired) electrons. The van der Waals surface area contributed by atoms with Crippen LogP contribution in [0.2, 0.25) is 0 Å². The minimum absolute atomic E-state index is 0.0221. The first-order chi connectivity index (χ1) is 11.5. The molecule has 2 aromatic rings. The molecule has 0 aliphatic rings. The van der Waals surface area contributed by atoms with Crippen molar-refractivity contribution < 1.29 is 35.6 Å². The third-order valence-corrected chi connectivity index (χ3v) is 3.35. The maximum absolute atomic E-state index is 12.8. The summed E-state index contributed by atoms with van der Waals surface area (Å²) in [6.45, 7) is 1.57. The number of carbonyl (C=O) groups is 1. The van der Waals surface area contributed by atoms with Gasteiger partial charge in [-0.1, -0.05) is 0 Å². The second-order valence-corrected chi connectivity index (χ2v) is 5.50. The zero-order chi connectivity index (χ0) is 18.8. The van der Waals surface area contributed by atoms with Gasteiger partial charge in [0.15, 0.2) is 0 Å². The molecular weight excluding hydrogens is 352 g/mol. The molecule has 1 amide bonds. The summed E-state index contributed by atoms with van der Waals surface area (Å²) in [7, 11) is 0. The van der Waals surface area contributed by atoms with Crippen LogP contribution in [0.4, 0.5) is 26.3 Å². The first-order valence-corrected chi connectivity index (χ1v) is 7.08. The van der Waals surface area contributed by atoms with Gasteiger partial charge >= 0.3 is 12.4 Å². The number of carbonyl (C=O) groups excluding carboxylic acids is 1. The number of nitrogens with one attached hydrogen (secondary N) is 1. The van der Waals surface area contributed by atoms with Gasteiger partial charge in [0.05, 0.1) is 23.7 Å². The molecule has 0 spiro atoms. The van der Waals surface area contributed by atoms with Crippen LogP contribution in [0.3, 0.4) is 0 Å². The summed E-state index contributed by atoms with van der Waals surface area (Å²) >= 11 is 0. The summed E-state index contributed by atoms with van der Waals surface area (Å²) in [6, 6.07) is 1.89. The van der Waals surface area contributed by atoms with E-state index in [4.69, 9.17) is 4.42 Å². The van der Waals surface area contributed by atoms with Crippen LogP contribution in [0.25, 0.3) is 0 Å². The highest BCUT2D eigenvalue weighted by atomic mass is 19.4. The Morgan fingerprint density at radius 2 is 1.64 bits per heavy atom. The van der Waals surface area contributed by atoms with Crippen molar-refractivity contribution in [3.05, 3.63) is 59.0 Å². The largest absolute Gasteiger partial charge is 0.472 e. The fourth-order valence-corrected chi connectivity index (χ4v) is 2.21. The van der Waals surface area contributed by atoms with E-state index in [1.807, 2.05) is 0 Å². The lowest BCUT2D eigenvalue weighted by Gasteiger charge is -2.16. The van der Waals surface area contributed by atoms with Gasteiger partial charge in [-0.2, -0.15) is 26.3 Å². The topological polar surface area (TPSA) is 42.2 Å². The van der Waals surface area contributed by atoms with Crippen molar-refractivity contribution in [1.82, 2.24) is 5.32 Å². The molecule has 1 N–H and O–H groups in total. The molecular formula is C16H13F6NO2. The Hall–Kier alpha value is -2.45. The van der Waals surface area contributed by atoms with Crippen LogP contribution >= 0.6 is 0 Å². The standard InChI is InChI=1S/C16H13F6NO2/c1-9(4-10-2-3-25-8-10)23-14(24)11-5-12(15(17,18)19)7-13(6-11)16(20,21)22/h2-3,5-9H,4H2,1H3,(H,23,24). The Morgan fingerprint density at radius 3 is 2.08 bits per heavy atom. The molecule has 25 heavy (non-hydrogen) atoms. The molecule has 2 rings (SSSR count). The predicted octanol–water partition coefficient (Wildman–Crippen LogP) is 4.68. The van der Waals surface area contributed by atoms with Crippen LogP contribution in [-0.4, -0.2) is 11.9 Å². The van der Waals surface area contributed by atoms with E-state index in [1.54, 1.807) is 13.0 Å². The van der Waals surface area contributed by atoms with Crippen molar-refractivity contribution in [3.63, 3.8) is 0 Å². The minimum atomic E-state index is -5.00. The maximum Gasteiger partial charge on any atom is 0.416 e. The van der Waals surface area contributed by atoms with Crippen LogP contribution in [0.15, 0.2) is 41.2 Å². The van der Waals surface area contributed by atoms with Crippen LogP contribution in [0, 0.1) is 0 Å². The Bertz CT molecular complexity index is 702. The van der Waals surface area contributed by atoms with Crippen molar-refractivity contribution in [1.29, 1.82) is 0 Å². The summed E-state index contributed by atoms with van der Waals surface area (Å²) in [4.78, 5) is 12.1. The quantitative estimate of drug-likeness (QED) is 0.800. The van der Waals surface area contributed by atoms with Crippen molar-refractivity contribution in [2.75, 3.05) is 0 Å². The molecule has 1 heterocycles. The average molecular weight is 365 g/mol. The summed E-state index contributed by atoms with van der Waals surface area (Å²) in [5.74, 6) is -1.02. The van der Waals surface area contributed by atoms with Gasteiger partial charge in [0, 0.05) is 11.6 Å². The average Bonchev–Trinajstić information content (AvgIpc) is 2.97. The van der Waals surface area contributed by atoms with Gasteiger partial charge in [0.1, 0.15) is 0 Å². The van der Waals surface area contributed by atoms with Crippen molar-refractivity contribution >= 4 is 5.91 Å². The Balaban J connectivity index is 2.25. The van der Waals surface area contributed by atoms with Gasteiger partial charge in [0.25, 0.3) is 5.91 Å².